The first-order valence-electron chi connectivity index (χ1n) is 7.26. The van der Waals surface area contributed by atoms with Crippen molar-refractivity contribution in [3.63, 3.8) is 0 Å². The van der Waals surface area contributed by atoms with E-state index in [1.807, 2.05) is 0 Å². The summed E-state index contributed by atoms with van der Waals surface area (Å²) in [5, 5.41) is 0.261. The van der Waals surface area contributed by atoms with E-state index in [4.69, 9.17) is 18.9 Å². The predicted molar refractivity (Wildman–Crippen MR) is 83.5 cm³/mol. The number of carbonyl (C=O) groups excluding carboxylic acids is 2. The number of methoxy groups -OCH3 is 1. The fourth-order valence-corrected chi connectivity index (χ4v) is 3.56. The molecule has 128 valence electrons. The molecule has 1 saturated heterocycles. The predicted octanol–water partition coefficient (Wildman–Crippen LogP) is 2.29. The summed E-state index contributed by atoms with van der Waals surface area (Å²) >= 11 is 1.10. The van der Waals surface area contributed by atoms with Crippen LogP contribution in [0.15, 0.2) is 18.2 Å². The van der Waals surface area contributed by atoms with Gasteiger partial charge < -0.3 is 18.9 Å². The second-order valence-electron chi connectivity index (χ2n) is 5.06. The number of benzene rings is 1. The molecule has 1 unspecified atom stereocenters. The minimum Gasteiger partial charge on any atom is -0.465 e. The van der Waals surface area contributed by atoms with E-state index in [1.165, 1.54) is 13.2 Å². The minimum absolute atomic E-state index is 0.113. The molecule has 2 aromatic rings. The summed E-state index contributed by atoms with van der Waals surface area (Å²) in [6, 6.07) is 4.54. The van der Waals surface area contributed by atoms with Gasteiger partial charge in [0, 0.05) is 15.6 Å². The molecule has 0 spiro atoms. The summed E-state index contributed by atoms with van der Waals surface area (Å²) < 4.78 is 35.1. The zero-order valence-corrected chi connectivity index (χ0v) is 13.7. The highest BCUT2D eigenvalue weighted by atomic mass is 32.1. The fourth-order valence-electron chi connectivity index (χ4n) is 2.42. The summed E-state index contributed by atoms with van der Waals surface area (Å²) in [4.78, 5) is 24.2. The monoisotopic (exact) mass is 354 g/mol. The Morgan fingerprint density at radius 3 is 2.92 bits per heavy atom. The first-order valence-corrected chi connectivity index (χ1v) is 8.07. The van der Waals surface area contributed by atoms with Crippen molar-refractivity contribution < 1.29 is 32.9 Å². The molecule has 0 N–H and O–H groups in total. The highest BCUT2D eigenvalue weighted by molar-refractivity contribution is 7.21. The van der Waals surface area contributed by atoms with Crippen LogP contribution in [0, 0.1) is 5.82 Å². The maximum Gasteiger partial charge on any atom is 0.348 e. The summed E-state index contributed by atoms with van der Waals surface area (Å²) in [7, 11) is 1.24. The van der Waals surface area contributed by atoms with Crippen LogP contribution in [0.25, 0.3) is 10.1 Å². The van der Waals surface area contributed by atoms with E-state index >= 15 is 0 Å². The van der Waals surface area contributed by atoms with Crippen LogP contribution in [0.3, 0.4) is 0 Å². The Morgan fingerprint density at radius 1 is 1.38 bits per heavy atom. The SMILES string of the molecule is COC(=O)c1sc2cccc(F)c2c1COC(=O)C1COCCO1. The number of halogens is 1. The number of ether oxygens (including phenoxy) is 4. The van der Waals surface area contributed by atoms with Crippen molar-refractivity contribution in [2.45, 2.75) is 12.7 Å². The summed E-state index contributed by atoms with van der Waals surface area (Å²) in [6.07, 6.45) is -0.810. The van der Waals surface area contributed by atoms with Crippen molar-refractivity contribution >= 4 is 33.4 Å². The molecular formula is C16H15FO6S. The van der Waals surface area contributed by atoms with Crippen LogP contribution in [0.2, 0.25) is 0 Å². The van der Waals surface area contributed by atoms with Crippen LogP contribution in [0.5, 0.6) is 0 Å². The van der Waals surface area contributed by atoms with Crippen molar-refractivity contribution in [3.05, 3.63) is 34.5 Å². The third-order valence-corrected chi connectivity index (χ3v) is 4.75. The Labute approximate surface area is 141 Å². The average Bonchev–Trinajstić information content (AvgIpc) is 2.99. The van der Waals surface area contributed by atoms with Gasteiger partial charge in [-0.15, -0.1) is 11.3 Å². The summed E-state index contributed by atoms with van der Waals surface area (Å²) in [5.74, 6) is -1.69. The largest absolute Gasteiger partial charge is 0.465 e. The highest BCUT2D eigenvalue weighted by Gasteiger charge is 2.27. The lowest BCUT2D eigenvalue weighted by Crippen LogP contribution is -2.36. The molecule has 1 atom stereocenters. The maximum absolute atomic E-state index is 14.2. The Hall–Kier alpha value is -2.03. The van der Waals surface area contributed by atoms with Gasteiger partial charge in [0.25, 0.3) is 0 Å². The molecule has 0 radical (unpaired) electrons. The van der Waals surface area contributed by atoms with Gasteiger partial charge in [0.15, 0.2) is 6.10 Å². The molecule has 0 saturated carbocycles. The van der Waals surface area contributed by atoms with Crippen molar-refractivity contribution in [3.8, 4) is 0 Å². The van der Waals surface area contributed by atoms with E-state index < -0.39 is 23.9 Å². The lowest BCUT2D eigenvalue weighted by Gasteiger charge is -2.21. The van der Waals surface area contributed by atoms with Gasteiger partial charge in [-0.05, 0) is 12.1 Å². The first kappa shape index (κ1) is 16.8. The van der Waals surface area contributed by atoms with Gasteiger partial charge in [0.05, 0.1) is 26.9 Å². The number of thiophene rings is 1. The number of carbonyl (C=O) groups is 2. The lowest BCUT2D eigenvalue weighted by atomic mass is 10.1. The number of fused-ring (bicyclic) bond motifs is 1. The van der Waals surface area contributed by atoms with E-state index in [2.05, 4.69) is 0 Å². The van der Waals surface area contributed by atoms with E-state index in [9.17, 15) is 14.0 Å². The van der Waals surface area contributed by atoms with E-state index in [0.29, 0.717) is 23.5 Å². The summed E-state index contributed by atoms with van der Waals surface area (Å²) in [6.45, 7) is 0.603. The van der Waals surface area contributed by atoms with Gasteiger partial charge in [-0.25, -0.2) is 14.0 Å². The molecule has 6 nitrogen and oxygen atoms in total. The Morgan fingerprint density at radius 2 is 2.21 bits per heavy atom. The van der Waals surface area contributed by atoms with Crippen LogP contribution in [0.4, 0.5) is 4.39 Å². The topological polar surface area (TPSA) is 71.1 Å². The van der Waals surface area contributed by atoms with E-state index in [0.717, 1.165) is 11.3 Å². The van der Waals surface area contributed by atoms with Crippen LogP contribution in [-0.4, -0.2) is 45.0 Å². The Balaban J connectivity index is 1.86. The van der Waals surface area contributed by atoms with Gasteiger partial charge in [0.2, 0.25) is 0 Å². The van der Waals surface area contributed by atoms with Crippen molar-refractivity contribution in [1.29, 1.82) is 0 Å². The molecule has 24 heavy (non-hydrogen) atoms. The molecule has 0 aliphatic carbocycles. The molecule has 1 aliphatic heterocycles. The Bertz CT molecular complexity index is 765. The van der Waals surface area contributed by atoms with Crippen molar-refractivity contribution in [1.82, 2.24) is 0 Å². The smallest absolute Gasteiger partial charge is 0.348 e. The maximum atomic E-state index is 14.2. The Kier molecular flexibility index (Phi) is 5.08. The molecule has 1 aromatic carbocycles. The standard InChI is InChI=1S/C16H15FO6S/c1-20-16(19)14-9(13-10(17)3-2-4-12(13)24-14)7-23-15(18)11-8-21-5-6-22-11/h2-4,11H,5-8H2,1H3. The molecule has 1 aromatic heterocycles. The normalized spacial score (nSPS) is 17.7. The number of esters is 2. The lowest BCUT2D eigenvalue weighted by molar-refractivity contribution is -0.172. The fraction of sp³-hybridized carbons (Fsp3) is 0.375. The molecule has 1 aliphatic rings. The average molecular weight is 354 g/mol. The molecule has 1 fully saturated rings. The van der Waals surface area contributed by atoms with E-state index in [-0.39, 0.29) is 23.5 Å². The number of rotatable bonds is 4. The molecule has 0 amide bonds. The van der Waals surface area contributed by atoms with Gasteiger partial charge in [-0.3, -0.25) is 0 Å². The van der Waals surface area contributed by atoms with Gasteiger partial charge in [-0.1, -0.05) is 6.07 Å². The van der Waals surface area contributed by atoms with Crippen LogP contribution in [0.1, 0.15) is 15.2 Å². The number of hydrogen-bond donors (Lipinski definition) is 0. The third-order valence-electron chi connectivity index (χ3n) is 3.57. The number of hydrogen-bond acceptors (Lipinski definition) is 7. The zero-order valence-electron chi connectivity index (χ0n) is 12.9. The summed E-state index contributed by atoms with van der Waals surface area (Å²) in [5.41, 5.74) is 0.296. The van der Waals surface area contributed by atoms with Crippen LogP contribution < -0.4 is 0 Å². The molecular weight excluding hydrogens is 339 g/mol. The molecule has 2 heterocycles. The second kappa shape index (κ2) is 7.25. The van der Waals surface area contributed by atoms with Gasteiger partial charge >= 0.3 is 11.9 Å². The molecule has 3 rings (SSSR count). The van der Waals surface area contributed by atoms with Crippen molar-refractivity contribution in [2.75, 3.05) is 26.9 Å². The van der Waals surface area contributed by atoms with Gasteiger partial charge in [0.1, 0.15) is 17.3 Å². The minimum atomic E-state index is -0.810. The first-order chi connectivity index (χ1) is 11.6. The van der Waals surface area contributed by atoms with Crippen LogP contribution >= 0.6 is 11.3 Å². The molecule has 8 heteroatoms. The highest BCUT2D eigenvalue weighted by Crippen LogP contribution is 2.34. The third kappa shape index (κ3) is 3.26. The quantitative estimate of drug-likeness (QED) is 0.785. The molecule has 0 bridgehead atoms. The van der Waals surface area contributed by atoms with Gasteiger partial charge in [-0.2, -0.15) is 0 Å². The van der Waals surface area contributed by atoms with E-state index in [1.54, 1.807) is 12.1 Å². The zero-order chi connectivity index (χ0) is 17.1. The van der Waals surface area contributed by atoms with Crippen molar-refractivity contribution in [2.24, 2.45) is 0 Å². The van der Waals surface area contributed by atoms with Crippen LogP contribution in [-0.2, 0) is 30.3 Å². The second-order valence-corrected chi connectivity index (χ2v) is 6.11.